The van der Waals surface area contributed by atoms with E-state index in [1.807, 2.05) is 0 Å². The number of alkyl halides is 9. The van der Waals surface area contributed by atoms with Crippen molar-refractivity contribution in [2.45, 2.75) is 29.7 Å². The largest absolute Gasteiger partial charge is 0.442 e. The number of hydrogen-bond donors (Lipinski definition) is 0. The fourth-order valence-corrected chi connectivity index (χ4v) is 1.18. The van der Waals surface area contributed by atoms with Crippen molar-refractivity contribution < 1.29 is 51.8 Å². The van der Waals surface area contributed by atoms with Crippen LogP contribution in [-0.4, -0.2) is 31.7 Å². The van der Waals surface area contributed by atoms with E-state index in [1.165, 1.54) is 0 Å². The fraction of sp³-hybridized carbons (Fsp3) is 1.00. The van der Waals surface area contributed by atoms with Crippen LogP contribution in [0.5, 0.6) is 0 Å². The van der Waals surface area contributed by atoms with Gasteiger partial charge >= 0.3 is 33.5 Å². The van der Waals surface area contributed by atoms with E-state index in [1.54, 1.807) is 0 Å². The highest BCUT2D eigenvalue weighted by Crippen LogP contribution is 2.52. The van der Waals surface area contributed by atoms with Crippen LogP contribution in [0.2, 0.25) is 0 Å². The average molecular weight is 316 g/mol. The molecule has 0 rings (SSSR count). The smallest absolute Gasteiger partial charge is 0.199 e. The maximum Gasteiger partial charge on any atom is 0.442 e. The second-order valence-electron chi connectivity index (χ2n) is 3.03. The van der Waals surface area contributed by atoms with Gasteiger partial charge in [0, 0.05) is 0 Å². The molecule has 0 fully saturated rings. The monoisotopic (exact) mass is 316 g/mol. The summed E-state index contributed by atoms with van der Waals surface area (Å²) in [5, 5.41) is -6.99. The summed E-state index contributed by atoms with van der Waals surface area (Å²) in [6.45, 7) is 0. The zero-order chi connectivity index (χ0) is 15.2. The Labute approximate surface area is 92.8 Å². The molecule has 110 valence electrons. The van der Waals surface area contributed by atoms with E-state index in [2.05, 4.69) is 0 Å². The van der Waals surface area contributed by atoms with Gasteiger partial charge in [0.25, 0.3) is 0 Å². The van der Waals surface area contributed by atoms with E-state index < -0.39 is 39.9 Å². The van der Waals surface area contributed by atoms with Crippen LogP contribution in [0.3, 0.4) is 0 Å². The normalized spacial score (nSPS) is 15.9. The van der Waals surface area contributed by atoms with Gasteiger partial charge in [-0.15, -0.1) is 0 Å². The molecule has 0 spiro atoms. The lowest BCUT2D eigenvalue weighted by molar-refractivity contribution is -0.309. The standard InChI is InChI=1S/C5H2F10O2S/c6-2(7,1-3(8,9)10)4(11,12)5(13,14)18(15,16)17/h1H2. The van der Waals surface area contributed by atoms with Crippen molar-refractivity contribution in [2.24, 2.45) is 0 Å². The topological polar surface area (TPSA) is 34.1 Å². The molecule has 0 saturated carbocycles. The first-order chi connectivity index (χ1) is 7.46. The van der Waals surface area contributed by atoms with Gasteiger partial charge in [0.1, 0.15) is 6.42 Å². The zero-order valence-electron chi connectivity index (χ0n) is 7.71. The molecule has 13 heteroatoms. The Bertz CT molecular complexity index is 406. The molecule has 0 aliphatic heterocycles. The summed E-state index contributed by atoms with van der Waals surface area (Å²) >= 11 is 0. The maximum absolute atomic E-state index is 12.4. The summed E-state index contributed by atoms with van der Waals surface area (Å²) < 4.78 is 139. The van der Waals surface area contributed by atoms with Gasteiger partial charge < -0.3 is 0 Å². The summed E-state index contributed by atoms with van der Waals surface area (Å²) in [5.74, 6) is -13.6. The molecule has 2 nitrogen and oxygen atoms in total. The highest BCUT2D eigenvalue weighted by molar-refractivity contribution is 7.87. The Morgan fingerprint density at radius 2 is 1.11 bits per heavy atom. The molecule has 0 unspecified atom stereocenters. The minimum Gasteiger partial charge on any atom is -0.199 e. The van der Waals surface area contributed by atoms with E-state index in [9.17, 15) is 51.8 Å². The predicted octanol–water partition coefficient (Wildman–Crippen LogP) is 3.10. The van der Waals surface area contributed by atoms with Crippen LogP contribution < -0.4 is 0 Å². The molecule has 0 aromatic carbocycles. The third-order valence-electron chi connectivity index (χ3n) is 1.55. The van der Waals surface area contributed by atoms with Gasteiger partial charge in [-0.25, -0.2) is 0 Å². The molecular formula is C5H2F10O2S. The Morgan fingerprint density at radius 1 is 0.778 bits per heavy atom. The number of rotatable bonds is 4. The first-order valence-corrected chi connectivity index (χ1v) is 4.98. The van der Waals surface area contributed by atoms with Crippen molar-refractivity contribution in [1.82, 2.24) is 0 Å². The molecule has 0 aliphatic carbocycles. The van der Waals surface area contributed by atoms with E-state index in [0.717, 1.165) is 0 Å². The summed E-state index contributed by atoms with van der Waals surface area (Å²) in [6, 6.07) is 0. The van der Waals surface area contributed by atoms with Crippen molar-refractivity contribution >= 4 is 10.2 Å². The summed E-state index contributed by atoms with van der Waals surface area (Å²) in [4.78, 5) is 0. The second kappa shape index (κ2) is 4.13. The van der Waals surface area contributed by atoms with Gasteiger partial charge in [-0.05, 0) is 0 Å². The third-order valence-corrected chi connectivity index (χ3v) is 2.42. The number of halogens is 10. The van der Waals surface area contributed by atoms with Crippen LogP contribution in [-0.2, 0) is 10.2 Å². The molecule has 0 aromatic rings. The maximum atomic E-state index is 12.4. The first kappa shape index (κ1) is 17.2. The van der Waals surface area contributed by atoms with Crippen molar-refractivity contribution in [3.05, 3.63) is 0 Å². The Hall–Kier alpha value is -0.750. The van der Waals surface area contributed by atoms with Gasteiger partial charge in [-0.2, -0.15) is 47.9 Å². The Balaban J connectivity index is 5.65. The quantitative estimate of drug-likeness (QED) is 0.590. The summed E-state index contributed by atoms with van der Waals surface area (Å²) in [6.07, 6.45) is -9.73. The van der Waals surface area contributed by atoms with Crippen LogP contribution in [0.15, 0.2) is 0 Å². The van der Waals surface area contributed by atoms with Crippen LogP contribution in [0.25, 0.3) is 0 Å². The van der Waals surface area contributed by atoms with Crippen LogP contribution in [0, 0.1) is 0 Å². The first-order valence-electron chi connectivity index (χ1n) is 3.60. The van der Waals surface area contributed by atoms with Crippen molar-refractivity contribution in [3.8, 4) is 0 Å². The highest BCUT2D eigenvalue weighted by Gasteiger charge is 2.79. The molecule has 0 heterocycles. The highest BCUT2D eigenvalue weighted by atomic mass is 32.3. The molecule has 0 aliphatic rings. The Morgan fingerprint density at radius 3 is 1.33 bits per heavy atom. The van der Waals surface area contributed by atoms with Crippen molar-refractivity contribution in [2.75, 3.05) is 0 Å². The van der Waals surface area contributed by atoms with E-state index in [-0.39, 0.29) is 0 Å². The van der Waals surface area contributed by atoms with E-state index >= 15 is 0 Å². The molecule has 0 amide bonds. The van der Waals surface area contributed by atoms with Gasteiger partial charge in [0.2, 0.25) is 0 Å². The van der Waals surface area contributed by atoms with Gasteiger partial charge in [0.15, 0.2) is 0 Å². The lowest BCUT2D eigenvalue weighted by Crippen LogP contribution is -2.58. The molecule has 18 heavy (non-hydrogen) atoms. The molecule has 0 N–H and O–H groups in total. The van der Waals surface area contributed by atoms with Gasteiger partial charge in [-0.1, -0.05) is 3.89 Å². The molecule has 0 saturated heterocycles. The average Bonchev–Trinajstić information content (AvgIpc) is 1.95. The van der Waals surface area contributed by atoms with Gasteiger partial charge in [0.05, 0.1) is 0 Å². The zero-order valence-corrected chi connectivity index (χ0v) is 8.53. The van der Waals surface area contributed by atoms with Gasteiger partial charge in [-0.3, -0.25) is 0 Å². The van der Waals surface area contributed by atoms with Crippen molar-refractivity contribution in [1.29, 1.82) is 0 Å². The third kappa shape index (κ3) is 2.98. The van der Waals surface area contributed by atoms with Crippen molar-refractivity contribution in [3.63, 3.8) is 0 Å². The molecule has 0 aromatic heterocycles. The molecular weight excluding hydrogens is 314 g/mol. The Kier molecular flexibility index (Phi) is 3.96. The summed E-state index contributed by atoms with van der Waals surface area (Å²) in [5.41, 5.74) is 0. The predicted molar refractivity (Wildman–Crippen MR) is 35.5 cm³/mol. The second-order valence-corrected chi connectivity index (χ2v) is 4.41. The van der Waals surface area contributed by atoms with E-state index in [4.69, 9.17) is 0 Å². The molecule has 0 radical (unpaired) electrons. The van der Waals surface area contributed by atoms with Crippen LogP contribution >= 0.6 is 0 Å². The lowest BCUT2D eigenvalue weighted by Gasteiger charge is -2.30. The molecule has 0 atom stereocenters. The molecule has 0 bridgehead atoms. The van der Waals surface area contributed by atoms with Crippen LogP contribution in [0.4, 0.5) is 43.4 Å². The lowest BCUT2D eigenvalue weighted by atomic mass is 10.1. The SMILES string of the molecule is O=S(=O)(F)C(F)(F)C(F)(F)C(F)(F)CC(F)(F)F. The minimum atomic E-state index is -7.53. The fourth-order valence-electron chi connectivity index (χ4n) is 0.729. The minimum absolute atomic E-state index is 3.74. The number of hydrogen-bond acceptors (Lipinski definition) is 2. The van der Waals surface area contributed by atoms with Crippen LogP contribution in [0.1, 0.15) is 6.42 Å². The van der Waals surface area contributed by atoms with E-state index in [0.29, 0.717) is 0 Å². The summed E-state index contributed by atoms with van der Waals surface area (Å²) in [7, 11) is -7.53.